The van der Waals surface area contributed by atoms with Gasteiger partial charge in [-0.1, -0.05) is 42.3 Å². The lowest BCUT2D eigenvalue weighted by molar-refractivity contribution is 0.318. The van der Waals surface area contributed by atoms with Crippen LogP contribution in [-0.2, 0) is 6.42 Å². The van der Waals surface area contributed by atoms with Gasteiger partial charge in [0.1, 0.15) is 5.82 Å². The van der Waals surface area contributed by atoms with Gasteiger partial charge in [0, 0.05) is 6.42 Å². The Labute approximate surface area is 176 Å². The maximum absolute atomic E-state index is 13.1. The molecule has 0 aliphatic rings. The van der Waals surface area contributed by atoms with Crippen molar-refractivity contribution >= 4 is 41.6 Å². The zero-order chi connectivity index (χ0) is 20.1. The summed E-state index contributed by atoms with van der Waals surface area (Å²) < 4.78 is 20.5. The molecular weight excluding hydrogens is 422 g/mol. The van der Waals surface area contributed by atoms with Crippen LogP contribution >= 0.6 is 35.4 Å². The van der Waals surface area contributed by atoms with Crippen LogP contribution in [0.1, 0.15) is 30.3 Å². The van der Waals surface area contributed by atoms with Crippen LogP contribution in [0, 0.1) is 10.6 Å². The quantitative estimate of drug-likeness (QED) is 0.383. The summed E-state index contributed by atoms with van der Waals surface area (Å²) >= 11 is 17.8. The number of aromatic amines is 1. The first-order valence-corrected chi connectivity index (χ1v) is 9.71. The van der Waals surface area contributed by atoms with Gasteiger partial charge in [0.2, 0.25) is 4.77 Å². The Bertz CT molecular complexity index is 1020. The molecule has 0 unspecified atom stereocenters. The van der Waals surface area contributed by atoms with E-state index in [0.717, 1.165) is 12.0 Å². The van der Waals surface area contributed by atoms with Gasteiger partial charge in [0.25, 0.3) is 0 Å². The molecule has 5 nitrogen and oxygen atoms in total. The van der Waals surface area contributed by atoms with Gasteiger partial charge in [-0.05, 0) is 54.0 Å². The summed E-state index contributed by atoms with van der Waals surface area (Å²) in [5, 5.41) is 12.1. The molecule has 0 aliphatic heterocycles. The van der Waals surface area contributed by atoms with Crippen LogP contribution in [0.25, 0.3) is 0 Å². The summed E-state index contributed by atoms with van der Waals surface area (Å²) in [6.45, 7) is 2.53. The van der Waals surface area contributed by atoms with E-state index >= 15 is 0 Å². The van der Waals surface area contributed by atoms with Crippen molar-refractivity contribution in [1.29, 1.82) is 0 Å². The lowest BCUT2D eigenvalue weighted by Gasteiger charge is -2.09. The molecule has 28 heavy (non-hydrogen) atoms. The third kappa shape index (κ3) is 4.98. The van der Waals surface area contributed by atoms with Crippen molar-refractivity contribution in [1.82, 2.24) is 14.9 Å². The monoisotopic (exact) mass is 438 g/mol. The third-order valence-electron chi connectivity index (χ3n) is 3.79. The highest BCUT2D eigenvalue weighted by atomic mass is 35.5. The summed E-state index contributed by atoms with van der Waals surface area (Å²) in [6, 6.07) is 9.61. The zero-order valence-electron chi connectivity index (χ0n) is 15.0. The molecule has 0 atom stereocenters. The van der Waals surface area contributed by atoms with Crippen molar-refractivity contribution in [3.05, 3.63) is 74.0 Å². The first-order valence-electron chi connectivity index (χ1n) is 8.55. The highest BCUT2D eigenvalue weighted by molar-refractivity contribution is 7.71. The molecule has 1 aromatic heterocycles. The molecule has 0 aliphatic carbocycles. The number of nitrogens with one attached hydrogen (secondary N) is 1. The van der Waals surface area contributed by atoms with E-state index in [4.69, 9.17) is 40.2 Å². The number of rotatable bonds is 7. The maximum atomic E-state index is 13.1. The van der Waals surface area contributed by atoms with Gasteiger partial charge >= 0.3 is 0 Å². The molecule has 1 N–H and O–H groups in total. The topological polar surface area (TPSA) is 55.2 Å². The predicted molar refractivity (Wildman–Crippen MR) is 112 cm³/mol. The van der Waals surface area contributed by atoms with Crippen LogP contribution in [0.2, 0.25) is 10.0 Å². The van der Waals surface area contributed by atoms with Crippen LogP contribution in [0.4, 0.5) is 4.39 Å². The number of nitrogens with zero attached hydrogens (tertiary/aromatic N) is 3. The van der Waals surface area contributed by atoms with E-state index in [1.807, 2.05) is 6.92 Å². The van der Waals surface area contributed by atoms with E-state index in [2.05, 4.69) is 15.3 Å². The highest BCUT2D eigenvalue weighted by Gasteiger charge is 2.10. The van der Waals surface area contributed by atoms with Crippen molar-refractivity contribution in [2.24, 2.45) is 5.10 Å². The first kappa shape index (κ1) is 20.5. The van der Waals surface area contributed by atoms with Gasteiger partial charge in [-0.15, -0.1) is 0 Å². The summed E-state index contributed by atoms with van der Waals surface area (Å²) in [4.78, 5) is 0. The Morgan fingerprint density at radius 3 is 2.57 bits per heavy atom. The molecule has 2 aromatic carbocycles. The normalized spacial score (nSPS) is 11.3. The van der Waals surface area contributed by atoms with Gasteiger partial charge < -0.3 is 4.74 Å². The minimum atomic E-state index is -0.291. The van der Waals surface area contributed by atoms with Crippen molar-refractivity contribution in [3.8, 4) is 5.75 Å². The van der Waals surface area contributed by atoms with Gasteiger partial charge in [-0.25, -0.2) is 4.39 Å². The van der Waals surface area contributed by atoms with E-state index in [9.17, 15) is 4.39 Å². The molecule has 3 rings (SSSR count). The molecule has 1 heterocycles. The Balaban J connectivity index is 1.84. The number of halogens is 3. The predicted octanol–water partition coefficient (Wildman–Crippen LogP) is 5.65. The van der Waals surface area contributed by atoms with Crippen LogP contribution < -0.4 is 4.74 Å². The molecule has 9 heteroatoms. The van der Waals surface area contributed by atoms with Crippen molar-refractivity contribution in [3.63, 3.8) is 0 Å². The number of hydrogen-bond donors (Lipinski definition) is 1. The second-order valence-corrected chi connectivity index (χ2v) is 7.17. The fraction of sp³-hybridized carbons (Fsp3) is 0.211. The van der Waals surface area contributed by atoms with Gasteiger partial charge in [0.05, 0.1) is 22.9 Å². The molecule has 0 saturated heterocycles. The van der Waals surface area contributed by atoms with Crippen molar-refractivity contribution in [2.75, 3.05) is 6.61 Å². The van der Waals surface area contributed by atoms with Crippen molar-refractivity contribution < 1.29 is 9.13 Å². The van der Waals surface area contributed by atoms with E-state index in [1.165, 1.54) is 16.8 Å². The standard InChI is InChI=1S/C19H17Cl2FN4OS/c1-2-7-27-18-15(20)8-13(9-16(18)21)11-23-26-17(24-25-19(26)28)10-12-3-5-14(22)6-4-12/h3-6,8-9,11H,2,7,10H2,1H3,(H,25,28)/b23-11-. The van der Waals surface area contributed by atoms with E-state index in [1.54, 1.807) is 30.5 Å². The summed E-state index contributed by atoms with van der Waals surface area (Å²) in [5.74, 6) is 0.757. The molecule has 3 aromatic rings. The number of ether oxygens (including phenoxy) is 1. The average Bonchev–Trinajstić information content (AvgIpc) is 3.01. The van der Waals surface area contributed by atoms with Crippen LogP contribution in [0.5, 0.6) is 5.75 Å². The third-order valence-corrected chi connectivity index (χ3v) is 4.61. The molecule has 0 fully saturated rings. The molecule has 0 radical (unpaired) electrons. The Hall–Kier alpha value is -2.22. The smallest absolute Gasteiger partial charge is 0.216 e. The fourth-order valence-electron chi connectivity index (χ4n) is 2.46. The molecule has 146 valence electrons. The first-order chi connectivity index (χ1) is 13.5. The number of benzene rings is 2. The van der Waals surface area contributed by atoms with Gasteiger partial charge in [-0.3, -0.25) is 5.10 Å². The Morgan fingerprint density at radius 2 is 1.93 bits per heavy atom. The van der Waals surface area contributed by atoms with Crippen LogP contribution in [-0.4, -0.2) is 27.7 Å². The minimum Gasteiger partial charge on any atom is -0.490 e. The van der Waals surface area contributed by atoms with E-state index < -0.39 is 0 Å². The highest BCUT2D eigenvalue weighted by Crippen LogP contribution is 2.34. The van der Waals surface area contributed by atoms with Crippen molar-refractivity contribution in [2.45, 2.75) is 19.8 Å². The van der Waals surface area contributed by atoms with Crippen LogP contribution in [0.15, 0.2) is 41.5 Å². The SMILES string of the molecule is CCCOc1c(Cl)cc(/C=N\n2c(Cc3ccc(F)cc3)n[nH]c2=S)cc1Cl. The molecule has 0 amide bonds. The maximum Gasteiger partial charge on any atom is 0.216 e. The largest absolute Gasteiger partial charge is 0.490 e. The Morgan fingerprint density at radius 1 is 1.25 bits per heavy atom. The number of hydrogen-bond acceptors (Lipinski definition) is 4. The fourth-order valence-corrected chi connectivity index (χ4v) is 3.27. The van der Waals surface area contributed by atoms with E-state index in [-0.39, 0.29) is 5.82 Å². The lowest BCUT2D eigenvalue weighted by Crippen LogP contribution is -2.01. The van der Waals surface area contributed by atoms with Crippen LogP contribution in [0.3, 0.4) is 0 Å². The zero-order valence-corrected chi connectivity index (χ0v) is 17.3. The summed E-state index contributed by atoms with van der Waals surface area (Å²) in [5.41, 5.74) is 1.57. The lowest BCUT2D eigenvalue weighted by atomic mass is 10.1. The number of aromatic nitrogens is 3. The summed E-state index contributed by atoms with van der Waals surface area (Å²) in [6.07, 6.45) is 2.88. The average molecular weight is 439 g/mol. The molecule has 0 saturated carbocycles. The molecular formula is C19H17Cl2FN4OS. The van der Waals surface area contributed by atoms with Gasteiger partial charge in [0.15, 0.2) is 11.6 Å². The summed E-state index contributed by atoms with van der Waals surface area (Å²) in [7, 11) is 0. The number of H-pyrrole nitrogens is 1. The second kappa shape index (κ2) is 9.32. The minimum absolute atomic E-state index is 0.291. The molecule has 0 spiro atoms. The van der Waals surface area contributed by atoms with Gasteiger partial charge in [-0.2, -0.15) is 14.9 Å². The Kier molecular flexibility index (Phi) is 6.83. The van der Waals surface area contributed by atoms with E-state index in [0.29, 0.717) is 45.0 Å². The second-order valence-electron chi connectivity index (χ2n) is 5.97. The molecule has 0 bridgehead atoms.